The van der Waals surface area contributed by atoms with Crippen LogP contribution in [-0.2, 0) is 14.8 Å². The summed E-state index contributed by atoms with van der Waals surface area (Å²) in [4.78, 5) is 24.5. The van der Waals surface area contributed by atoms with Gasteiger partial charge in [-0.15, -0.1) is 0 Å². The number of carbonyl (C=O) groups is 2. The maximum absolute atomic E-state index is 13.7. The van der Waals surface area contributed by atoms with Gasteiger partial charge in [-0.25, -0.2) is 12.8 Å². The molecule has 0 radical (unpaired) electrons. The van der Waals surface area contributed by atoms with E-state index in [0.717, 1.165) is 22.8 Å². The molecule has 3 rings (SSSR count). The molecule has 0 unspecified atom stereocenters. The number of para-hydroxylation sites is 1. The second kappa shape index (κ2) is 9.83. The number of nitrogens with one attached hydrogen (secondary N) is 3. The summed E-state index contributed by atoms with van der Waals surface area (Å²) in [6, 6.07) is 14.4. The zero-order valence-corrected chi connectivity index (χ0v) is 19.2. The number of aryl methyl sites for hydroxylation is 3. The molecule has 9 heteroatoms. The average Bonchev–Trinajstić information content (AvgIpc) is 2.76. The highest BCUT2D eigenvalue weighted by Crippen LogP contribution is 2.22. The molecule has 33 heavy (non-hydrogen) atoms. The van der Waals surface area contributed by atoms with E-state index >= 15 is 0 Å². The van der Waals surface area contributed by atoms with Crippen molar-refractivity contribution in [3.8, 4) is 0 Å². The van der Waals surface area contributed by atoms with Gasteiger partial charge < -0.3 is 10.6 Å². The van der Waals surface area contributed by atoms with E-state index < -0.39 is 21.7 Å². The summed E-state index contributed by atoms with van der Waals surface area (Å²) in [6.07, 6.45) is 0. The third kappa shape index (κ3) is 5.95. The molecule has 3 aromatic rings. The number of hydrogen-bond donors (Lipinski definition) is 3. The molecule has 2 amide bonds. The number of benzene rings is 3. The first-order valence-electron chi connectivity index (χ1n) is 10.1. The van der Waals surface area contributed by atoms with Gasteiger partial charge in [0.05, 0.1) is 17.1 Å². The summed E-state index contributed by atoms with van der Waals surface area (Å²) in [6.45, 7) is 5.51. The molecule has 7 nitrogen and oxygen atoms in total. The Morgan fingerprint density at radius 2 is 1.52 bits per heavy atom. The summed E-state index contributed by atoms with van der Waals surface area (Å²) < 4.78 is 40.9. The van der Waals surface area contributed by atoms with Gasteiger partial charge in [0.2, 0.25) is 5.91 Å². The Balaban J connectivity index is 1.61. The van der Waals surface area contributed by atoms with Crippen molar-refractivity contribution in [3.63, 3.8) is 0 Å². The van der Waals surface area contributed by atoms with E-state index in [9.17, 15) is 22.4 Å². The molecule has 0 saturated carbocycles. The molecule has 0 heterocycles. The molecule has 0 bridgehead atoms. The number of carbonyl (C=O) groups excluding carboxylic acids is 2. The van der Waals surface area contributed by atoms with Crippen LogP contribution in [-0.4, -0.2) is 26.8 Å². The minimum Gasteiger partial charge on any atom is -0.343 e. The molecular weight excluding hydrogens is 445 g/mol. The molecule has 3 aromatic carbocycles. The summed E-state index contributed by atoms with van der Waals surface area (Å²) in [5, 5.41) is 5.31. The van der Waals surface area contributed by atoms with Gasteiger partial charge in [-0.1, -0.05) is 29.8 Å². The van der Waals surface area contributed by atoms with E-state index in [2.05, 4.69) is 15.4 Å². The van der Waals surface area contributed by atoms with Crippen LogP contribution in [0.5, 0.6) is 0 Å². The number of amides is 2. The van der Waals surface area contributed by atoms with Crippen LogP contribution in [0.2, 0.25) is 0 Å². The molecular formula is C24H24FN3O4S. The number of sulfonamides is 1. The van der Waals surface area contributed by atoms with Crippen LogP contribution in [0.1, 0.15) is 27.0 Å². The molecule has 0 spiro atoms. The topological polar surface area (TPSA) is 104 Å². The van der Waals surface area contributed by atoms with E-state index in [1.807, 2.05) is 32.9 Å². The monoisotopic (exact) mass is 469 g/mol. The van der Waals surface area contributed by atoms with Gasteiger partial charge in [0.15, 0.2) is 0 Å². The third-order valence-electron chi connectivity index (χ3n) is 4.90. The maximum Gasteiger partial charge on any atom is 0.261 e. The number of hydrogen-bond acceptors (Lipinski definition) is 4. The highest BCUT2D eigenvalue weighted by Gasteiger charge is 2.17. The normalized spacial score (nSPS) is 11.0. The minimum absolute atomic E-state index is 0.134. The van der Waals surface area contributed by atoms with Crippen LogP contribution in [0, 0.1) is 26.6 Å². The van der Waals surface area contributed by atoms with Gasteiger partial charge in [0, 0.05) is 11.3 Å². The van der Waals surface area contributed by atoms with Gasteiger partial charge in [0.25, 0.3) is 15.9 Å². The fourth-order valence-corrected chi connectivity index (χ4v) is 4.42. The Bertz CT molecular complexity index is 1280. The highest BCUT2D eigenvalue weighted by atomic mass is 32.2. The first kappa shape index (κ1) is 23.9. The van der Waals surface area contributed by atoms with Gasteiger partial charge in [-0.05, 0) is 68.3 Å². The van der Waals surface area contributed by atoms with Crippen LogP contribution in [0.3, 0.4) is 0 Å². The molecule has 0 aliphatic carbocycles. The van der Waals surface area contributed by atoms with Crippen LogP contribution in [0.15, 0.2) is 65.6 Å². The van der Waals surface area contributed by atoms with Crippen LogP contribution >= 0.6 is 0 Å². The largest absolute Gasteiger partial charge is 0.343 e. The summed E-state index contributed by atoms with van der Waals surface area (Å²) >= 11 is 0. The summed E-state index contributed by atoms with van der Waals surface area (Å²) in [7, 11) is -4.04. The van der Waals surface area contributed by atoms with Gasteiger partial charge in [-0.3, -0.25) is 14.3 Å². The smallest absolute Gasteiger partial charge is 0.261 e. The van der Waals surface area contributed by atoms with Crippen molar-refractivity contribution in [1.82, 2.24) is 5.32 Å². The molecule has 0 fully saturated rings. The molecule has 3 N–H and O–H groups in total. The van der Waals surface area contributed by atoms with Crippen LogP contribution in [0.4, 0.5) is 15.8 Å². The summed E-state index contributed by atoms with van der Waals surface area (Å²) in [5.74, 6) is -1.62. The average molecular weight is 470 g/mol. The Hall–Kier alpha value is -3.72. The zero-order chi connectivity index (χ0) is 24.2. The Labute approximate surface area is 192 Å². The predicted octanol–water partition coefficient (Wildman–Crippen LogP) is 3.92. The van der Waals surface area contributed by atoms with Gasteiger partial charge in [-0.2, -0.15) is 0 Å². The lowest BCUT2D eigenvalue weighted by Crippen LogP contribution is -2.33. The van der Waals surface area contributed by atoms with E-state index in [-0.39, 0.29) is 28.6 Å². The van der Waals surface area contributed by atoms with Crippen molar-refractivity contribution >= 4 is 33.2 Å². The van der Waals surface area contributed by atoms with E-state index in [0.29, 0.717) is 5.69 Å². The van der Waals surface area contributed by atoms with E-state index in [1.165, 1.54) is 42.5 Å². The quantitative estimate of drug-likeness (QED) is 0.488. The molecule has 0 aliphatic rings. The van der Waals surface area contributed by atoms with Crippen molar-refractivity contribution in [2.45, 2.75) is 25.7 Å². The molecule has 0 saturated heterocycles. The van der Waals surface area contributed by atoms with Crippen molar-refractivity contribution in [2.75, 3.05) is 16.6 Å². The lowest BCUT2D eigenvalue weighted by molar-refractivity contribution is -0.115. The van der Waals surface area contributed by atoms with Crippen LogP contribution in [0.25, 0.3) is 0 Å². The first-order valence-corrected chi connectivity index (χ1v) is 11.6. The standard InChI is InChI=1S/C24H24FN3O4S/c1-15-12-16(2)23(17(3)13-15)27-22(29)14-26-24(30)18-8-10-19(11-9-18)33(31,32)28-21-7-5-4-6-20(21)25/h4-13,28H,14H2,1-3H3,(H,26,30)(H,27,29). The molecule has 0 atom stereocenters. The van der Waals surface area contributed by atoms with Crippen molar-refractivity contribution in [3.05, 3.63) is 88.7 Å². The predicted molar refractivity (Wildman–Crippen MR) is 125 cm³/mol. The zero-order valence-electron chi connectivity index (χ0n) is 18.4. The Morgan fingerprint density at radius 1 is 0.909 bits per heavy atom. The van der Waals surface area contributed by atoms with Crippen molar-refractivity contribution < 1.29 is 22.4 Å². The first-order chi connectivity index (χ1) is 15.6. The number of rotatable bonds is 7. The van der Waals surface area contributed by atoms with E-state index in [4.69, 9.17) is 0 Å². The minimum atomic E-state index is -4.04. The second-order valence-corrected chi connectivity index (χ2v) is 9.30. The third-order valence-corrected chi connectivity index (χ3v) is 6.28. The molecule has 0 aromatic heterocycles. The van der Waals surface area contributed by atoms with Gasteiger partial charge >= 0.3 is 0 Å². The fraction of sp³-hybridized carbons (Fsp3) is 0.167. The molecule has 0 aliphatic heterocycles. The SMILES string of the molecule is Cc1cc(C)c(NC(=O)CNC(=O)c2ccc(S(=O)(=O)Nc3ccccc3F)cc2)c(C)c1. The maximum atomic E-state index is 13.7. The Kier molecular flexibility index (Phi) is 7.13. The summed E-state index contributed by atoms with van der Waals surface area (Å²) in [5.41, 5.74) is 3.64. The second-order valence-electron chi connectivity index (χ2n) is 7.61. The van der Waals surface area contributed by atoms with Crippen LogP contribution < -0.4 is 15.4 Å². The Morgan fingerprint density at radius 3 is 2.12 bits per heavy atom. The molecule has 172 valence electrons. The van der Waals surface area contributed by atoms with Crippen molar-refractivity contribution in [2.24, 2.45) is 0 Å². The lowest BCUT2D eigenvalue weighted by atomic mass is 10.1. The fourth-order valence-electron chi connectivity index (χ4n) is 3.36. The van der Waals surface area contributed by atoms with E-state index in [1.54, 1.807) is 0 Å². The number of halogens is 1. The number of anilines is 2. The highest BCUT2D eigenvalue weighted by molar-refractivity contribution is 7.92. The van der Waals surface area contributed by atoms with Gasteiger partial charge in [0.1, 0.15) is 5.82 Å². The van der Waals surface area contributed by atoms with Crippen molar-refractivity contribution in [1.29, 1.82) is 0 Å². The lowest BCUT2D eigenvalue weighted by Gasteiger charge is -2.13.